The molecule has 36 heavy (non-hydrogen) atoms. The van der Waals surface area contributed by atoms with Crippen molar-refractivity contribution in [1.29, 1.82) is 5.41 Å². The van der Waals surface area contributed by atoms with Crippen LogP contribution in [0.25, 0.3) is 0 Å². The fraction of sp³-hybridized carbons (Fsp3) is 0.565. The highest BCUT2D eigenvalue weighted by Crippen LogP contribution is 2.31. The minimum absolute atomic E-state index is 0.00461. The van der Waals surface area contributed by atoms with Gasteiger partial charge in [-0.2, -0.15) is 18.2 Å². The molecule has 2 atom stereocenters. The Hall–Kier alpha value is -3.03. The molecule has 0 aliphatic carbocycles. The zero-order valence-electron chi connectivity index (χ0n) is 20.3. The van der Waals surface area contributed by atoms with Gasteiger partial charge >= 0.3 is 6.18 Å². The number of aryl methyl sites for hydroxylation is 1. The normalized spacial score (nSPS) is 19.4. The van der Waals surface area contributed by atoms with Crippen molar-refractivity contribution in [3.05, 3.63) is 29.6 Å². The molecule has 2 aromatic heterocycles. The summed E-state index contributed by atoms with van der Waals surface area (Å²) in [4.78, 5) is 15.9. The maximum absolute atomic E-state index is 12.4. The average Bonchev–Trinajstić information content (AvgIpc) is 3.16. The third-order valence-electron chi connectivity index (χ3n) is 5.95. The lowest BCUT2D eigenvalue weighted by Crippen LogP contribution is -2.51. The Labute approximate surface area is 207 Å². The van der Waals surface area contributed by atoms with Crippen LogP contribution in [0.15, 0.2) is 18.3 Å². The Bertz CT molecular complexity index is 1060. The lowest BCUT2D eigenvalue weighted by molar-refractivity contribution is -0.172. The first-order valence-electron chi connectivity index (χ1n) is 11.8. The number of fused-ring (bicyclic) bond motifs is 2. The number of rotatable bonds is 11. The molecule has 2 bridgehead atoms. The molecule has 13 heteroatoms. The minimum Gasteiger partial charge on any atom is -0.378 e. The molecule has 2 unspecified atom stereocenters. The number of nitrogens with one attached hydrogen (secondary N) is 4. The first-order valence-corrected chi connectivity index (χ1v) is 11.8. The maximum atomic E-state index is 12.4. The lowest BCUT2D eigenvalue weighted by atomic mass is 10.2. The monoisotopic (exact) mass is 508 g/mol. The molecule has 196 valence electrons. The molecule has 0 amide bonds. The van der Waals surface area contributed by atoms with Gasteiger partial charge in [-0.3, -0.25) is 0 Å². The number of nitrogens with zero attached hydrogens (tertiary/aromatic N) is 4. The van der Waals surface area contributed by atoms with Crippen LogP contribution in [-0.2, 0) is 9.47 Å². The lowest BCUT2D eigenvalue weighted by Gasteiger charge is -2.33. The van der Waals surface area contributed by atoms with Crippen molar-refractivity contribution in [2.45, 2.75) is 38.0 Å². The van der Waals surface area contributed by atoms with E-state index in [-0.39, 0.29) is 25.5 Å². The zero-order valence-corrected chi connectivity index (χ0v) is 20.3. The summed E-state index contributed by atoms with van der Waals surface area (Å²) in [6.45, 7) is 1.96. The van der Waals surface area contributed by atoms with Crippen molar-refractivity contribution in [3.8, 4) is 0 Å². The van der Waals surface area contributed by atoms with E-state index in [2.05, 4.69) is 25.8 Å². The summed E-state index contributed by atoms with van der Waals surface area (Å²) in [5.74, 6) is 1.38. The van der Waals surface area contributed by atoms with Crippen LogP contribution in [0.4, 0.5) is 36.4 Å². The molecule has 4 heterocycles. The van der Waals surface area contributed by atoms with Gasteiger partial charge in [-0.15, -0.1) is 0 Å². The van der Waals surface area contributed by atoms with Gasteiger partial charge in [-0.05, 0) is 37.5 Å². The molecular formula is C23H31F3N8O2. The Morgan fingerprint density at radius 1 is 1.25 bits per heavy atom. The summed E-state index contributed by atoms with van der Waals surface area (Å²) in [6, 6.07) is 4.42. The molecule has 0 saturated carbocycles. The van der Waals surface area contributed by atoms with Gasteiger partial charge in [0, 0.05) is 45.0 Å². The number of anilines is 4. The highest BCUT2D eigenvalue weighted by molar-refractivity contribution is 6.04. The van der Waals surface area contributed by atoms with Gasteiger partial charge < -0.3 is 35.7 Å². The van der Waals surface area contributed by atoms with Crippen LogP contribution < -0.4 is 20.9 Å². The van der Waals surface area contributed by atoms with Crippen LogP contribution in [0.3, 0.4) is 0 Å². The number of hydrogen-bond acceptors (Lipinski definition) is 10. The number of ether oxygens (including phenoxy) is 2. The molecule has 0 radical (unpaired) electrons. The van der Waals surface area contributed by atoms with Crippen LogP contribution in [0.5, 0.6) is 0 Å². The second-order valence-electron chi connectivity index (χ2n) is 8.99. The Balaban J connectivity index is 1.66. The number of piperazine rings is 1. The molecule has 4 N–H and O–H groups in total. The fourth-order valence-electron chi connectivity index (χ4n) is 4.40. The molecule has 0 aromatic carbocycles. The van der Waals surface area contributed by atoms with Gasteiger partial charge in [0.15, 0.2) is 5.82 Å². The van der Waals surface area contributed by atoms with Gasteiger partial charge in [0.2, 0.25) is 5.95 Å². The fourth-order valence-corrected chi connectivity index (χ4v) is 4.40. The molecule has 10 nitrogen and oxygen atoms in total. The molecular weight excluding hydrogens is 477 g/mol. The minimum atomic E-state index is -4.40. The zero-order chi connectivity index (χ0) is 25.7. The molecule has 2 saturated heterocycles. The molecule has 2 aliphatic rings. The Morgan fingerprint density at radius 2 is 2.00 bits per heavy atom. The summed E-state index contributed by atoms with van der Waals surface area (Å²) in [6.07, 6.45) is -0.560. The number of alkyl halides is 3. The van der Waals surface area contributed by atoms with Crippen LogP contribution in [0.1, 0.15) is 24.1 Å². The van der Waals surface area contributed by atoms with Gasteiger partial charge in [-0.25, -0.2) is 9.97 Å². The molecule has 2 aromatic rings. The summed E-state index contributed by atoms with van der Waals surface area (Å²) in [5, 5.41) is 18.4. The van der Waals surface area contributed by atoms with E-state index in [1.54, 1.807) is 6.20 Å². The van der Waals surface area contributed by atoms with Crippen LogP contribution in [0, 0.1) is 12.3 Å². The van der Waals surface area contributed by atoms with Crippen molar-refractivity contribution in [2.75, 3.05) is 62.1 Å². The summed E-state index contributed by atoms with van der Waals surface area (Å²) in [7, 11) is 1.48. The second kappa shape index (κ2) is 11.4. The van der Waals surface area contributed by atoms with Crippen molar-refractivity contribution < 1.29 is 22.6 Å². The molecule has 0 spiro atoms. The number of pyridine rings is 1. The highest BCUT2D eigenvalue weighted by Gasteiger charge is 2.34. The summed E-state index contributed by atoms with van der Waals surface area (Å²) in [5.41, 5.74) is 1.78. The predicted octanol–water partition coefficient (Wildman–Crippen LogP) is 2.87. The van der Waals surface area contributed by atoms with Gasteiger partial charge in [0.1, 0.15) is 23.8 Å². The smallest absolute Gasteiger partial charge is 0.378 e. The SMILES string of the molecule is COCC(=N)c1nc(N2CC3CCC(C2)N3)nc(Nc2cc(C)ccn2)c1NCCOCC(F)(F)F. The van der Waals surface area contributed by atoms with Crippen molar-refractivity contribution in [2.24, 2.45) is 0 Å². The number of methoxy groups -OCH3 is 1. The number of aromatic nitrogens is 3. The van der Waals surface area contributed by atoms with E-state index >= 15 is 0 Å². The number of halogens is 3. The van der Waals surface area contributed by atoms with Crippen molar-refractivity contribution in [1.82, 2.24) is 20.3 Å². The summed E-state index contributed by atoms with van der Waals surface area (Å²) < 4.78 is 47.3. The highest BCUT2D eigenvalue weighted by atomic mass is 19.4. The quantitative estimate of drug-likeness (QED) is 0.268. The van der Waals surface area contributed by atoms with Gasteiger partial charge in [0.05, 0.1) is 18.9 Å². The van der Waals surface area contributed by atoms with Gasteiger partial charge in [0.25, 0.3) is 0 Å². The Kier molecular flexibility index (Phi) is 8.21. The van der Waals surface area contributed by atoms with Crippen molar-refractivity contribution >= 4 is 29.0 Å². The third kappa shape index (κ3) is 6.80. The van der Waals surface area contributed by atoms with E-state index < -0.39 is 12.8 Å². The van der Waals surface area contributed by atoms with E-state index in [4.69, 9.17) is 24.9 Å². The summed E-state index contributed by atoms with van der Waals surface area (Å²) >= 11 is 0. The maximum Gasteiger partial charge on any atom is 0.411 e. The first kappa shape index (κ1) is 26.0. The van der Waals surface area contributed by atoms with Crippen LogP contribution in [0.2, 0.25) is 0 Å². The molecule has 2 aliphatic heterocycles. The van der Waals surface area contributed by atoms with E-state index in [9.17, 15) is 13.2 Å². The topological polar surface area (TPSA) is 120 Å². The number of hydrogen-bond donors (Lipinski definition) is 4. The van der Waals surface area contributed by atoms with E-state index in [1.807, 2.05) is 19.1 Å². The van der Waals surface area contributed by atoms with Crippen LogP contribution in [-0.4, -0.2) is 85.5 Å². The van der Waals surface area contributed by atoms with Gasteiger partial charge in [-0.1, -0.05) is 0 Å². The molecule has 4 rings (SSSR count). The van der Waals surface area contributed by atoms with E-state index in [0.717, 1.165) is 31.5 Å². The van der Waals surface area contributed by atoms with Crippen molar-refractivity contribution in [3.63, 3.8) is 0 Å². The largest absolute Gasteiger partial charge is 0.411 e. The average molecular weight is 509 g/mol. The standard InChI is InChI=1S/C23H31F3N8O2/c1-14-5-6-28-18(9-14)31-21-20(29-7-8-36-13-23(24,25)26)19(17(27)12-35-2)32-22(33-21)34-10-15-3-4-16(11-34)30-15/h5-6,9,15-16,27,29-30H,3-4,7-8,10-13H2,1-2H3,(H,28,31,32,33). The van der Waals surface area contributed by atoms with Crippen LogP contribution >= 0.6 is 0 Å². The van der Waals surface area contributed by atoms with E-state index in [1.165, 1.54) is 7.11 Å². The third-order valence-corrected chi connectivity index (χ3v) is 5.95. The second-order valence-corrected chi connectivity index (χ2v) is 8.99. The first-order chi connectivity index (χ1) is 17.2. The van der Waals surface area contributed by atoms with E-state index in [0.29, 0.717) is 41.0 Å². The Morgan fingerprint density at radius 3 is 2.67 bits per heavy atom. The molecule has 2 fully saturated rings. The predicted molar refractivity (Wildman–Crippen MR) is 131 cm³/mol.